The lowest BCUT2D eigenvalue weighted by molar-refractivity contribution is -0.910. The Hall–Kier alpha value is -0.370. The van der Waals surface area contributed by atoms with Gasteiger partial charge in [0.05, 0.1) is 26.1 Å². The smallest absolute Gasteiger partial charge is 0.135 e. The van der Waals surface area contributed by atoms with Gasteiger partial charge in [-0.15, -0.1) is 0 Å². The van der Waals surface area contributed by atoms with Crippen LogP contribution in [0, 0.1) is 0 Å². The highest BCUT2D eigenvalue weighted by molar-refractivity contribution is 5.75. The van der Waals surface area contributed by atoms with Gasteiger partial charge in [-0.3, -0.25) is 4.79 Å². The van der Waals surface area contributed by atoms with E-state index in [-0.39, 0.29) is 0 Å². The molecule has 0 aromatic heterocycles. The summed E-state index contributed by atoms with van der Waals surface area (Å²) >= 11 is 0. The van der Waals surface area contributed by atoms with E-state index in [1.54, 1.807) is 11.8 Å². The Morgan fingerprint density at radius 3 is 2.82 bits per heavy atom. The second kappa shape index (κ2) is 3.86. The average molecular weight is 156 g/mol. The lowest BCUT2D eigenvalue weighted by atomic mass is 9.99. The third-order valence-corrected chi connectivity index (χ3v) is 2.60. The van der Waals surface area contributed by atoms with Crippen molar-refractivity contribution in [2.24, 2.45) is 0 Å². The molecule has 0 aliphatic carbocycles. The number of quaternary nitrogens is 1. The summed E-state index contributed by atoms with van der Waals surface area (Å²) in [6.45, 7) is 2.94. The van der Waals surface area contributed by atoms with Gasteiger partial charge in [0.1, 0.15) is 5.78 Å². The van der Waals surface area contributed by atoms with Crippen molar-refractivity contribution < 1.29 is 9.69 Å². The minimum atomic E-state index is 0.344. The number of carbonyl (C=O) groups excluding carboxylic acids is 1. The minimum absolute atomic E-state index is 0.344. The number of hydrogen-bond acceptors (Lipinski definition) is 1. The van der Waals surface area contributed by atoms with Crippen molar-refractivity contribution in [1.29, 1.82) is 0 Å². The van der Waals surface area contributed by atoms with Crippen LogP contribution in [0.25, 0.3) is 0 Å². The molecule has 1 rings (SSSR count). The molecule has 1 heterocycles. The fourth-order valence-corrected chi connectivity index (χ4v) is 1.87. The second-order valence-electron chi connectivity index (χ2n) is 3.70. The number of piperidine rings is 1. The fourth-order valence-electron chi connectivity index (χ4n) is 1.87. The van der Waals surface area contributed by atoms with Crippen molar-refractivity contribution in [2.45, 2.75) is 38.6 Å². The molecule has 0 amide bonds. The molecular formula is C9H18NO+. The molecule has 2 atom stereocenters. The van der Waals surface area contributed by atoms with Gasteiger partial charge in [-0.05, 0) is 19.8 Å². The highest BCUT2D eigenvalue weighted by atomic mass is 16.1. The predicted octanol–water partition coefficient (Wildman–Crippen LogP) is 0.0327. The van der Waals surface area contributed by atoms with E-state index in [2.05, 4.69) is 7.05 Å². The highest BCUT2D eigenvalue weighted by Gasteiger charge is 2.23. The molecule has 0 aromatic rings. The molecule has 11 heavy (non-hydrogen) atoms. The van der Waals surface area contributed by atoms with E-state index in [0.717, 1.165) is 6.42 Å². The number of rotatable bonds is 2. The Bertz CT molecular complexity index is 144. The number of ketones is 1. The molecule has 1 fully saturated rings. The zero-order valence-electron chi connectivity index (χ0n) is 7.52. The molecule has 0 radical (unpaired) electrons. The Kier molecular flexibility index (Phi) is 3.06. The third-order valence-electron chi connectivity index (χ3n) is 2.60. The average Bonchev–Trinajstić information content (AvgIpc) is 1.93. The molecule has 64 valence electrons. The molecule has 1 saturated heterocycles. The van der Waals surface area contributed by atoms with Crippen molar-refractivity contribution >= 4 is 5.78 Å². The van der Waals surface area contributed by atoms with Crippen molar-refractivity contribution in [1.82, 2.24) is 0 Å². The quantitative estimate of drug-likeness (QED) is 0.598. The van der Waals surface area contributed by atoms with Gasteiger partial charge in [0.25, 0.3) is 0 Å². The van der Waals surface area contributed by atoms with Crippen LogP contribution < -0.4 is 4.90 Å². The molecule has 1 aliphatic rings. The molecule has 0 bridgehead atoms. The summed E-state index contributed by atoms with van der Waals surface area (Å²) < 4.78 is 0. The van der Waals surface area contributed by atoms with Crippen LogP contribution >= 0.6 is 0 Å². The molecular weight excluding hydrogens is 138 g/mol. The van der Waals surface area contributed by atoms with Crippen LogP contribution in [0.5, 0.6) is 0 Å². The molecule has 1 N–H and O–H groups in total. The molecule has 0 spiro atoms. The van der Waals surface area contributed by atoms with E-state index in [1.165, 1.54) is 25.8 Å². The first-order valence-corrected chi connectivity index (χ1v) is 4.52. The predicted molar refractivity (Wildman–Crippen MR) is 44.7 cm³/mol. The first-order valence-electron chi connectivity index (χ1n) is 4.52. The first-order chi connectivity index (χ1) is 5.20. The number of hydrogen-bond donors (Lipinski definition) is 1. The highest BCUT2D eigenvalue weighted by Crippen LogP contribution is 2.05. The normalized spacial score (nSPS) is 31.8. The molecule has 0 saturated carbocycles. The Balaban J connectivity index is 2.35. The largest absolute Gasteiger partial charge is 0.335 e. The molecule has 2 nitrogen and oxygen atoms in total. The van der Waals surface area contributed by atoms with Crippen molar-refractivity contribution in [2.75, 3.05) is 13.6 Å². The maximum Gasteiger partial charge on any atom is 0.135 e. The van der Waals surface area contributed by atoms with Crippen LogP contribution in [0.4, 0.5) is 0 Å². The van der Waals surface area contributed by atoms with Gasteiger partial charge in [-0.1, -0.05) is 0 Å². The summed E-state index contributed by atoms with van der Waals surface area (Å²) in [5, 5.41) is 0. The summed E-state index contributed by atoms with van der Waals surface area (Å²) in [7, 11) is 2.20. The van der Waals surface area contributed by atoms with Crippen molar-refractivity contribution in [3.63, 3.8) is 0 Å². The topological polar surface area (TPSA) is 21.5 Å². The standard InChI is InChI=1S/C9H17NO/c1-8(11)7-9-5-3-4-6-10(9)2/h9H,3-7H2,1-2H3/p+1/t9-/m1/s1. The van der Waals surface area contributed by atoms with Crippen LogP contribution in [0.2, 0.25) is 0 Å². The summed E-state index contributed by atoms with van der Waals surface area (Å²) in [6, 6.07) is 0.612. The lowest BCUT2D eigenvalue weighted by Crippen LogP contribution is -3.13. The lowest BCUT2D eigenvalue weighted by Gasteiger charge is -2.28. The zero-order chi connectivity index (χ0) is 8.27. The molecule has 0 aromatic carbocycles. The van der Waals surface area contributed by atoms with Gasteiger partial charge >= 0.3 is 0 Å². The van der Waals surface area contributed by atoms with Gasteiger partial charge in [0.15, 0.2) is 0 Å². The second-order valence-corrected chi connectivity index (χ2v) is 3.70. The summed E-state index contributed by atoms with van der Waals surface area (Å²) in [6.07, 6.45) is 4.67. The number of carbonyl (C=O) groups is 1. The zero-order valence-corrected chi connectivity index (χ0v) is 7.52. The van der Waals surface area contributed by atoms with E-state index < -0.39 is 0 Å². The number of nitrogens with one attached hydrogen (secondary N) is 1. The van der Waals surface area contributed by atoms with E-state index >= 15 is 0 Å². The third kappa shape index (κ3) is 2.62. The monoisotopic (exact) mass is 156 g/mol. The van der Waals surface area contributed by atoms with Crippen molar-refractivity contribution in [3.8, 4) is 0 Å². The Labute approximate surface area is 68.6 Å². The van der Waals surface area contributed by atoms with Gasteiger partial charge in [-0.25, -0.2) is 0 Å². The van der Waals surface area contributed by atoms with E-state index in [9.17, 15) is 4.79 Å². The van der Waals surface area contributed by atoms with Crippen LogP contribution in [-0.2, 0) is 4.79 Å². The number of likely N-dealkylation sites (tertiary alicyclic amines) is 1. The van der Waals surface area contributed by atoms with Gasteiger partial charge in [0, 0.05) is 6.42 Å². The molecule has 1 unspecified atom stereocenters. The summed E-state index contributed by atoms with van der Waals surface area (Å²) in [5.74, 6) is 0.344. The van der Waals surface area contributed by atoms with Crippen LogP contribution in [0.3, 0.4) is 0 Å². The number of Topliss-reactive ketones (excluding diaryl/α,β-unsaturated/α-hetero) is 1. The summed E-state index contributed by atoms with van der Waals surface area (Å²) in [5.41, 5.74) is 0. The Morgan fingerprint density at radius 1 is 1.55 bits per heavy atom. The van der Waals surface area contributed by atoms with Crippen molar-refractivity contribution in [3.05, 3.63) is 0 Å². The van der Waals surface area contributed by atoms with Gasteiger partial charge in [-0.2, -0.15) is 0 Å². The van der Waals surface area contributed by atoms with E-state index in [1.807, 2.05) is 0 Å². The maximum atomic E-state index is 10.8. The summed E-state index contributed by atoms with van der Waals surface area (Å²) in [4.78, 5) is 12.4. The van der Waals surface area contributed by atoms with Gasteiger partial charge in [0.2, 0.25) is 0 Å². The molecule has 2 heteroatoms. The van der Waals surface area contributed by atoms with Gasteiger partial charge < -0.3 is 4.90 Å². The van der Waals surface area contributed by atoms with Crippen LogP contribution in [-0.4, -0.2) is 25.4 Å². The SMILES string of the molecule is CC(=O)C[C@H]1CCCC[NH+]1C. The maximum absolute atomic E-state index is 10.8. The minimum Gasteiger partial charge on any atom is -0.335 e. The van der Waals surface area contributed by atoms with E-state index in [0.29, 0.717) is 11.8 Å². The first kappa shape index (κ1) is 8.72. The van der Waals surface area contributed by atoms with Crippen LogP contribution in [0.15, 0.2) is 0 Å². The van der Waals surface area contributed by atoms with E-state index in [4.69, 9.17) is 0 Å². The fraction of sp³-hybridized carbons (Fsp3) is 0.889. The van der Waals surface area contributed by atoms with Crippen LogP contribution in [0.1, 0.15) is 32.6 Å². The molecule has 1 aliphatic heterocycles. The Morgan fingerprint density at radius 2 is 2.27 bits per heavy atom.